The van der Waals surface area contributed by atoms with Crippen molar-refractivity contribution in [3.8, 4) is 5.88 Å². The molecule has 8 nitrogen and oxygen atoms in total. The van der Waals surface area contributed by atoms with Gasteiger partial charge < -0.3 is 14.8 Å². The zero-order chi connectivity index (χ0) is 17.3. The molecule has 0 saturated heterocycles. The maximum absolute atomic E-state index is 12.4. The van der Waals surface area contributed by atoms with Crippen LogP contribution < -0.4 is 9.46 Å². The molecule has 3 rings (SSSR count). The van der Waals surface area contributed by atoms with Crippen molar-refractivity contribution < 1.29 is 23.1 Å². The van der Waals surface area contributed by atoms with Gasteiger partial charge in [-0.2, -0.15) is 0 Å². The van der Waals surface area contributed by atoms with Crippen molar-refractivity contribution in [1.29, 1.82) is 0 Å². The Balaban J connectivity index is 1.91. The summed E-state index contributed by atoms with van der Waals surface area (Å²) in [5.74, 6) is -0.748. The highest BCUT2D eigenvalue weighted by Crippen LogP contribution is 2.24. The number of anilines is 1. The van der Waals surface area contributed by atoms with Gasteiger partial charge in [-0.1, -0.05) is 0 Å². The topological polar surface area (TPSA) is 121 Å². The van der Waals surface area contributed by atoms with Crippen molar-refractivity contribution in [3.63, 3.8) is 0 Å². The highest BCUT2D eigenvalue weighted by atomic mass is 32.2. The molecule has 9 heteroatoms. The van der Waals surface area contributed by atoms with Crippen molar-refractivity contribution in [2.45, 2.75) is 4.90 Å². The molecule has 0 saturated carbocycles. The van der Waals surface area contributed by atoms with Crippen LogP contribution in [-0.4, -0.2) is 36.6 Å². The average molecular weight is 347 g/mol. The number of benzene rings is 1. The quantitative estimate of drug-likeness (QED) is 0.649. The summed E-state index contributed by atoms with van der Waals surface area (Å²) >= 11 is 0. The van der Waals surface area contributed by atoms with Crippen LogP contribution in [0.1, 0.15) is 10.4 Å². The molecular formula is C15H13N3O5S. The lowest BCUT2D eigenvalue weighted by atomic mass is 10.1. The van der Waals surface area contributed by atoms with Crippen molar-refractivity contribution in [3.05, 3.63) is 48.3 Å². The Morgan fingerprint density at radius 2 is 2.08 bits per heavy atom. The number of methoxy groups -OCH3 is 1. The van der Waals surface area contributed by atoms with Crippen LogP contribution in [-0.2, 0) is 10.0 Å². The van der Waals surface area contributed by atoms with Gasteiger partial charge in [0.1, 0.15) is 4.90 Å². The summed E-state index contributed by atoms with van der Waals surface area (Å²) < 4.78 is 32.0. The minimum atomic E-state index is -3.81. The van der Waals surface area contributed by atoms with Crippen LogP contribution >= 0.6 is 0 Å². The van der Waals surface area contributed by atoms with E-state index < -0.39 is 16.0 Å². The summed E-state index contributed by atoms with van der Waals surface area (Å²) in [5, 5.41) is 9.57. The first kappa shape index (κ1) is 15.8. The zero-order valence-corrected chi connectivity index (χ0v) is 13.3. The van der Waals surface area contributed by atoms with E-state index >= 15 is 0 Å². The van der Waals surface area contributed by atoms with Gasteiger partial charge in [0, 0.05) is 23.2 Å². The lowest BCUT2D eigenvalue weighted by Gasteiger charge is -2.08. The number of ether oxygens (including phenoxy) is 1. The van der Waals surface area contributed by atoms with Gasteiger partial charge in [-0.15, -0.1) is 0 Å². The smallest absolute Gasteiger partial charge is 0.337 e. The van der Waals surface area contributed by atoms with Crippen LogP contribution in [0.3, 0.4) is 0 Å². The standard InChI is InChI=1S/C15H13N3O5S/c1-23-14-5-3-10(7-17-14)24(21,22)18-9-2-4-11-12(15(19)20)8-16-13(11)6-9/h2-8,16,18H,1H3,(H,19,20). The molecule has 0 aliphatic rings. The second-order valence-corrected chi connectivity index (χ2v) is 6.59. The number of fused-ring (bicyclic) bond motifs is 1. The number of aromatic amines is 1. The fourth-order valence-corrected chi connectivity index (χ4v) is 3.22. The highest BCUT2D eigenvalue weighted by Gasteiger charge is 2.16. The number of carboxylic acid groups (broad SMARTS) is 1. The second-order valence-electron chi connectivity index (χ2n) is 4.91. The molecule has 2 aromatic heterocycles. The molecule has 3 N–H and O–H groups in total. The zero-order valence-electron chi connectivity index (χ0n) is 12.5. The number of pyridine rings is 1. The van der Waals surface area contributed by atoms with Gasteiger partial charge in [-0.25, -0.2) is 18.2 Å². The molecule has 1 aromatic carbocycles. The molecule has 0 amide bonds. The number of H-pyrrole nitrogens is 1. The highest BCUT2D eigenvalue weighted by molar-refractivity contribution is 7.92. The number of hydrogen-bond acceptors (Lipinski definition) is 5. The first-order chi connectivity index (χ1) is 11.4. The number of carbonyl (C=O) groups is 1. The summed E-state index contributed by atoms with van der Waals surface area (Å²) in [4.78, 5) is 17.7. The van der Waals surface area contributed by atoms with Gasteiger partial charge in [-0.3, -0.25) is 4.72 Å². The Morgan fingerprint density at radius 3 is 2.71 bits per heavy atom. The number of aromatic carboxylic acids is 1. The molecular weight excluding hydrogens is 334 g/mol. The number of nitrogens with one attached hydrogen (secondary N) is 2. The van der Waals surface area contributed by atoms with Gasteiger partial charge in [-0.05, 0) is 24.3 Å². The molecule has 0 radical (unpaired) electrons. The molecule has 0 bridgehead atoms. The molecule has 0 spiro atoms. The molecule has 0 fully saturated rings. The first-order valence-corrected chi connectivity index (χ1v) is 8.26. The van der Waals surface area contributed by atoms with Crippen LogP contribution in [0, 0.1) is 0 Å². The largest absolute Gasteiger partial charge is 0.481 e. The van der Waals surface area contributed by atoms with Gasteiger partial charge in [0.25, 0.3) is 10.0 Å². The molecule has 0 aliphatic heterocycles. The van der Waals surface area contributed by atoms with E-state index in [2.05, 4.69) is 14.7 Å². The van der Waals surface area contributed by atoms with Crippen LogP contribution in [0.25, 0.3) is 10.9 Å². The normalized spacial score (nSPS) is 11.4. The lowest BCUT2D eigenvalue weighted by molar-refractivity contribution is 0.0699. The summed E-state index contributed by atoms with van der Waals surface area (Å²) in [5.41, 5.74) is 0.941. The summed E-state index contributed by atoms with van der Waals surface area (Å²) in [6.45, 7) is 0. The van der Waals surface area contributed by atoms with E-state index in [-0.39, 0.29) is 10.5 Å². The number of sulfonamides is 1. The Bertz CT molecular complexity index is 1010. The Labute approximate surface area is 137 Å². The number of hydrogen-bond donors (Lipinski definition) is 3. The van der Waals surface area contributed by atoms with Gasteiger partial charge in [0.15, 0.2) is 0 Å². The molecule has 0 aliphatic carbocycles. The van der Waals surface area contributed by atoms with E-state index in [1.807, 2.05) is 0 Å². The van der Waals surface area contributed by atoms with E-state index in [9.17, 15) is 13.2 Å². The SMILES string of the molecule is COc1ccc(S(=O)(=O)Nc2ccc3c(C(=O)O)c[nH]c3c2)cn1. The lowest BCUT2D eigenvalue weighted by Crippen LogP contribution is -2.13. The number of aromatic nitrogens is 2. The summed E-state index contributed by atoms with van der Waals surface area (Å²) in [6, 6.07) is 7.39. The van der Waals surface area contributed by atoms with E-state index in [0.29, 0.717) is 22.5 Å². The fourth-order valence-electron chi connectivity index (χ4n) is 2.23. The van der Waals surface area contributed by atoms with Crippen LogP contribution in [0.15, 0.2) is 47.6 Å². The van der Waals surface area contributed by atoms with Gasteiger partial charge in [0.2, 0.25) is 5.88 Å². The van der Waals surface area contributed by atoms with Crippen molar-refractivity contribution in [2.24, 2.45) is 0 Å². The molecule has 3 aromatic rings. The van der Waals surface area contributed by atoms with E-state index in [1.54, 1.807) is 6.07 Å². The average Bonchev–Trinajstić information content (AvgIpc) is 2.98. The minimum Gasteiger partial charge on any atom is -0.481 e. The molecule has 24 heavy (non-hydrogen) atoms. The van der Waals surface area contributed by atoms with E-state index in [4.69, 9.17) is 9.84 Å². The molecule has 0 atom stereocenters. The predicted molar refractivity (Wildman–Crippen MR) is 86.9 cm³/mol. The number of nitrogens with zero attached hydrogens (tertiary/aromatic N) is 1. The van der Waals surface area contributed by atoms with E-state index in [1.165, 1.54) is 43.8 Å². The van der Waals surface area contributed by atoms with Gasteiger partial charge >= 0.3 is 5.97 Å². The van der Waals surface area contributed by atoms with Crippen LogP contribution in [0.2, 0.25) is 0 Å². The first-order valence-electron chi connectivity index (χ1n) is 6.78. The van der Waals surface area contributed by atoms with E-state index in [0.717, 1.165) is 0 Å². The van der Waals surface area contributed by atoms with Gasteiger partial charge in [0.05, 0.1) is 24.6 Å². The minimum absolute atomic E-state index is 0.0129. The maximum Gasteiger partial charge on any atom is 0.337 e. The predicted octanol–water partition coefficient (Wildman–Crippen LogP) is 2.07. The Morgan fingerprint density at radius 1 is 1.29 bits per heavy atom. The van der Waals surface area contributed by atoms with Crippen molar-refractivity contribution >= 4 is 32.6 Å². The fraction of sp³-hybridized carbons (Fsp3) is 0.0667. The number of carboxylic acids is 1. The number of rotatable bonds is 5. The molecule has 2 heterocycles. The maximum atomic E-state index is 12.4. The summed E-state index contributed by atoms with van der Waals surface area (Å²) in [7, 11) is -2.38. The van der Waals surface area contributed by atoms with Crippen molar-refractivity contribution in [1.82, 2.24) is 9.97 Å². The third-order valence-electron chi connectivity index (χ3n) is 3.39. The Hall–Kier alpha value is -3.07. The third kappa shape index (κ3) is 2.88. The molecule has 124 valence electrons. The molecule has 0 unspecified atom stereocenters. The monoisotopic (exact) mass is 347 g/mol. The second kappa shape index (κ2) is 5.85. The van der Waals surface area contributed by atoms with Crippen LogP contribution in [0.4, 0.5) is 5.69 Å². The Kier molecular flexibility index (Phi) is 3.86. The summed E-state index contributed by atoms with van der Waals surface area (Å²) in [6.07, 6.45) is 2.55. The van der Waals surface area contributed by atoms with Crippen molar-refractivity contribution in [2.75, 3.05) is 11.8 Å². The third-order valence-corrected chi connectivity index (χ3v) is 4.76. The van der Waals surface area contributed by atoms with Crippen LogP contribution in [0.5, 0.6) is 5.88 Å².